The molecule has 0 amide bonds. The number of methoxy groups -OCH3 is 1. The van der Waals surface area contributed by atoms with Crippen molar-refractivity contribution in [2.45, 2.75) is 6.42 Å². The Morgan fingerprint density at radius 2 is 2.17 bits per heavy atom. The van der Waals surface area contributed by atoms with Crippen molar-refractivity contribution in [3.8, 4) is 0 Å². The number of para-hydroxylation sites is 1. The quantitative estimate of drug-likeness (QED) is 0.751. The van der Waals surface area contributed by atoms with Crippen LogP contribution in [0.15, 0.2) is 36.7 Å². The van der Waals surface area contributed by atoms with Gasteiger partial charge in [0.2, 0.25) is 5.95 Å². The van der Waals surface area contributed by atoms with Crippen LogP contribution >= 0.6 is 0 Å². The maximum atomic E-state index is 5.27. The average molecular weight is 324 g/mol. The fraction of sp³-hybridized carbons (Fsp3) is 0.353. The summed E-state index contributed by atoms with van der Waals surface area (Å²) in [7, 11) is 1.75. The van der Waals surface area contributed by atoms with Crippen molar-refractivity contribution in [1.82, 2.24) is 19.9 Å². The molecule has 2 N–H and O–H groups in total. The highest BCUT2D eigenvalue weighted by Crippen LogP contribution is 2.27. The minimum atomic E-state index is 0.527. The van der Waals surface area contributed by atoms with Crippen LogP contribution in [0.5, 0.6) is 0 Å². The van der Waals surface area contributed by atoms with Crippen molar-refractivity contribution >= 4 is 28.6 Å². The van der Waals surface area contributed by atoms with Crippen molar-refractivity contribution in [3.63, 3.8) is 0 Å². The van der Waals surface area contributed by atoms with Crippen LogP contribution in [0.4, 0.5) is 17.5 Å². The smallest absolute Gasteiger partial charge is 0.229 e. The molecule has 24 heavy (non-hydrogen) atoms. The van der Waals surface area contributed by atoms with E-state index in [4.69, 9.17) is 9.72 Å². The van der Waals surface area contributed by atoms with Crippen LogP contribution in [-0.2, 0) is 4.74 Å². The molecule has 7 heteroatoms. The lowest BCUT2D eigenvalue weighted by Crippen LogP contribution is -2.23. The van der Waals surface area contributed by atoms with Gasteiger partial charge < -0.3 is 19.9 Å². The summed E-state index contributed by atoms with van der Waals surface area (Å²) in [6, 6.07) is 9.99. The van der Waals surface area contributed by atoms with E-state index in [1.165, 1.54) is 0 Å². The summed E-state index contributed by atoms with van der Waals surface area (Å²) < 4.78 is 5.27. The number of hydrogen-bond donors (Lipinski definition) is 2. The molecule has 0 aliphatic carbocycles. The second-order valence-electron chi connectivity index (χ2n) is 6.02. The van der Waals surface area contributed by atoms with Crippen molar-refractivity contribution in [1.29, 1.82) is 0 Å². The third-order valence-electron chi connectivity index (χ3n) is 4.28. The average Bonchev–Trinajstić information content (AvgIpc) is 3.25. The molecule has 124 valence electrons. The zero-order valence-electron chi connectivity index (χ0n) is 13.6. The highest BCUT2D eigenvalue weighted by molar-refractivity contribution is 5.86. The van der Waals surface area contributed by atoms with E-state index in [0.717, 1.165) is 43.1 Å². The van der Waals surface area contributed by atoms with Gasteiger partial charge in [0.05, 0.1) is 12.9 Å². The van der Waals surface area contributed by atoms with Gasteiger partial charge in [0.1, 0.15) is 5.52 Å². The van der Waals surface area contributed by atoms with Gasteiger partial charge >= 0.3 is 0 Å². The summed E-state index contributed by atoms with van der Waals surface area (Å²) in [5, 5.41) is 3.36. The molecule has 2 aromatic heterocycles. The van der Waals surface area contributed by atoms with Crippen LogP contribution in [0.1, 0.15) is 6.42 Å². The molecule has 1 unspecified atom stereocenters. The van der Waals surface area contributed by atoms with Crippen LogP contribution in [0.25, 0.3) is 11.2 Å². The molecule has 0 bridgehead atoms. The number of fused-ring (bicyclic) bond motifs is 1. The number of imidazole rings is 1. The van der Waals surface area contributed by atoms with Gasteiger partial charge in [-0.05, 0) is 18.6 Å². The molecule has 1 aliphatic rings. The third kappa shape index (κ3) is 2.90. The molecule has 3 heterocycles. The van der Waals surface area contributed by atoms with E-state index in [9.17, 15) is 0 Å². The second-order valence-corrected chi connectivity index (χ2v) is 6.02. The zero-order valence-corrected chi connectivity index (χ0v) is 13.6. The van der Waals surface area contributed by atoms with Gasteiger partial charge in [-0.1, -0.05) is 18.2 Å². The Morgan fingerprint density at radius 1 is 1.29 bits per heavy atom. The SMILES string of the molecule is COCC1CCN(c2nc(Nc3ccccc3)c3[nH]cnc3n2)C1. The standard InChI is InChI=1S/C17H20N6O/c1-24-10-12-7-8-23(9-12)17-21-15-14(18-11-19-15)16(22-17)20-13-5-3-2-4-6-13/h2-6,11-12H,7-10H2,1H3,(H2,18,19,20,21,22). The second kappa shape index (κ2) is 6.45. The van der Waals surface area contributed by atoms with Gasteiger partial charge in [0.25, 0.3) is 0 Å². The Hall–Kier alpha value is -2.67. The van der Waals surface area contributed by atoms with E-state index >= 15 is 0 Å². The Morgan fingerprint density at radius 3 is 3.00 bits per heavy atom. The normalized spacial score (nSPS) is 17.5. The summed E-state index contributed by atoms with van der Waals surface area (Å²) in [6.45, 7) is 2.62. The lowest BCUT2D eigenvalue weighted by molar-refractivity contribution is 0.161. The zero-order chi connectivity index (χ0) is 16.4. The lowest BCUT2D eigenvalue weighted by atomic mass is 10.1. The number of nitrogens with one attached hydrogen (secondary N) is 2. The van der Waals surface area contributed by atoms with Crippen LogP contribution in [-0.4, -0.2) is 46.7 Å². The molecule has 1 aromatic carbocycles. The number of aromatic nitrogens is 4. The Bertz CT molecular complexity index is 818. The molecule has 7 nitrogen and oxygen atoms in total. The Kier molecular flexibility index (Phi) is 4.00. The molecule has 0 saturated carbocycles. The molecule has 0 radical (unpaired) electrons. The number of H-pyrrole nitrogens is 1. The molecule has 1 fully saturated rings. The topological polar surface area (TPSA) is 79.0 Å². The molecule has 1 atom stereocenters. The lowest BCUT2D eigenvalue weighted by Gasteiger charge is -2.17. The molecule has 3 aromatic rings. The van der Waals surface area contributed by atoms with Crippen LogP contribution in [0, 0.1) is 5.92 Å². The van der Waals surface area contributed by atoms with Gasteiger partial charge in [-0.3, -0.25) is 0 Å². The predicted molar refractivity (Wildman–Crippen MR) is 93.6 cm³/mol. The van der Waals surface area contributed by atoms with Gasteiger partial charge in [-0.2, -0.15) is 9.97 Å². The molecular formula is C17H20N6O. The summed E-state index contributed by atoms with van der Waals surface area (Å²) in [5.74, 6) is 1.99. The highest BCUT2D eigenvalue weighted by atomic mass is 16.5. The van der Waals surface area contributed by atoms with E-state index in [1.54, 1.807) is 13.4 Å². The van der Waals surface area contributed by atoms with Crippen molar-refractivity contribution in [3.05, 3.63) is 36.7 Å². The maximum absolute atomic E-state index is 5.27. The van der Waals surface area contributed by atoms with Crippen LogP contribution in [0.3, 0.4) is 0 Å². The largest absolute Gasteiger partial charge is 0.384 e. The fourth-order valence-electron chi connectivity index (χ4n) is 3.10. The van der Waals surface area contributed by atoms with Crippen LogP contribution < -0.4 is 10.2 Å². The molecule has 1 aliphatic heterocycles. The van der Waals surface area contributed by atoms with Crippen molar-refractivity contribution < 1.29 is 4.74 Å². The van der Waals surface area contributed by atoms with Gasteiger partial charge in [0.15, 0.2) is 11.5 Å². The number of rotatable bonds is 5. The number of benzene rings is 1. The van der Waals surface area contributed by atoms with Crippen LogP contribution in [0.2, 0.25) is 0 Å². The van der Waals surface area contributed by atoms with Crippen molar-refractivity contribution in [2.24, 2.45) is 5.92 Å². The first-order valence-corrected chi connectivity index (χ1v) is 8.10. The molecule has 1 saturated heterocycles. The number of nitrogens with zero attached hydrogens (tertiary/aromatic N) is 4. The summed E-state index contributed by atoms with van der Waals surface area (Å²) >= 11 is 0. The van der Waals surface area contributed by atoms with Gasteiger partial charge in [-0.15, -0.1) is 0 Å². The van der Waals surface area contributed by atoms with E-state index in [2.05, 4.69) is 25.2 Å². The van der Waals surface area contributed by atoms with E-state index in [-0.39, 0.29) is 0 Å². The van der Waals surface area contributed by atoms with Gasteiger partial charge in [0, 0.05) is 31.8 Å². The Balaban J connectivity index is 1.65. The molecule has 0 spiro atoms. The maximum Gasteiger partial charge on any atom is 0.229 e. The first-order chi connectivity index (χ1) is 11.8. The summed E-state index contributed by atoms with van der Waals surface area (Å²) in [4.78, 5) is 19.0. The van der Waals surface area contributed by atoms with Crippen molar-refractivity contribution in [2.75, 3.05) is 37.0 Å². The third-order valence-corrected chi connectivity index (χ3v) is 4.28. The van der Waals surface area contributed by atoms with E-state index in [0.29, 0.717) is 17.5 Å². The summed E-state index contributed by atoms with van der Waals surface area (Å²) in [6.07, 6.45) is 2.74. The summed E-state index contributed by atoms with van der Waals surface area (Å²) in [5.41, 5.74) is 2.47. The van der Waals surface area contributed by atoms with E-state index < -0.39 is 0 Å². The monoisotopic (exact) mass is 324 g/mol. The number of anilines is 3. The number of aromatic amines is 1. The first-order valence-electron chi connectivity index (χ1n) is 8.10. The minimum Gasteiger partial charge on any atom is -0.384 e. The first kappa shape index (κ1) is 14.9. The predicted octanol–water partition coefficient (Wildman–Crippen LogP) is 2.57. The Labute approximate surface area is 140 Å². The highest BCUT2D eigenvalue weighted by Gasteiger charge is 2.25. The number of hydrogen-bond acceptors (Lipinski definition) is 6. The minimum absolute atomic E-state index is 0.527. The fourth-order valence-corrected chi connectivity index (χ4v) is 3.10. The van der Waals surface area contributed by atoms with Gasteiger partial charge in [-0.25, -0.2) is 4.98 Å². The number of ether oxygens (including phenoxy) is 1. The van der Waals surface area contributed by atoms with E-state index in [1.807, 2.05) is 30.3 Å². The molecular weight excluding hydrogens is 304 g/mol. The molecule has 4 rings (SSSR count).